The minimum Gasteiger partial charge on any atom is -0.344 e. The van der Waals surface area contributed by atoms with E-state index in [9.17, 15) is 0 Å². The van der Waals surface area contributed by atoms with Crippen molar-refractivity contribution in [1.82, 2.24) is 13.7 Å². The van der Waals surface area contributed by atoms with Crippen LogP contribution >= 0.6 is 0 Å². The fourth-order valence-corrected chi connectivity index (χ4v) is 11.5. The molecule has 3 aliphatic carbocycles. The number of para-hydroxylation sites is 3. The summed E-state index contributed by atoms with van der Waals surface area (Å²) in [5.74, 6) is 0. The number of nitrogens with zero attached hydrogens (tertiary/aromatic N) is 3. The van der Waals surface area contributed by atoms with Crippen LogP contribution in [0, 0.1) is 0 Å². The molecule has 0 aliphatic heterocycles. The number of hydrogen-bond acceptors (Lipinski definition) is 0. The molecule has 0 atom stereocenters. The molecule has 3 aromatic heterocycles. The van der Waals surface area contributed by atoms with Gasteiger partial charge in [0.1, 0.15) is 0 Å². The third-order valence-electron chi connectivity index (χ3n) is 14.5. The van der Waals surface area contributed by atoms with Gasteiger partial charge in [-0.3, -0.25) is 0 Å². The maximum Gasteiger partial charge on any atom is 0.0495 e. The van der Waals surface area contributed by atoms with Gasteiger partial charge in [-0.15, -0.1) is 0 Å². The van der Waals surface area contributed by atoms with Crippen LogP contribution in [-0.2, 0) is 40.4 Å². The fraction of sp³-hybridized carbons (Fsp3) is 0.100. The zero-order valence-electron chi connectivity index (χ0n) is 35.8. The molecule has 15 rings (SSSR count). The highest BCUT2D eigenvalue weighted by Gasteiger charge is 2.25. The lowest BCUT2D eigenvalue weighted by Crippen LogP contribution is -1.87. The summed E-state index contributed by atoms with van der Waals surface area (Å²) < 4.78 is 6.94. The van der Waals surface area contributed by atoms with E-state index in [1.807, 2.05) is 0 Å². The van der Waals surface area contributed by atoms with Crippen molar-refractivity contribution in [2.24, 2.45) is 21.1 Å². The predicted octanol–water partition coefficient (Wildman–Crippen LogP) is 14.7. The molecule has 3 nitrogen and oxygen atoms in total. The molecular formula is C60H45N3. The molecule has 0 amide bonds. The highest BCUT2D eigenvalue weighted by atomic mass is 14.9. The Morgan fingerprint density at radius 3 is 1.46 bits per heavy atom. The third-order valence-corrected chi connectivity index (χ3v) is 14.5. The van der Waals surface area contributed by atoms with Crippen LogP contribution in [0.25, 0.3) is 98.8 Å². The molecule has 12 aromatic rings. The predicted molar refractivity (Wildman–Crippen MR) is 266 cm³/mol. The fourth-order valence-electron chi connectivity index (χ4n) is 11.5. The summed E-state index contributed by atoms with van der Waals surface area (Å²) in [5, 5.41) is 8.31. The van der Waals surface area contributed by atoms with Crippen molar-refractivity contribution in [2.45, 2.75) is 19.3 Å². The average molecular weight is 808 g/mol. The Hall–Kier alpha value is -7.62. The van der Waals surface area contributed by atoms with Crippen LogP contribution in [0.1, 0.15) is 33.4 Å². The lowest BCUT2D eigenvalue weighted by atomic mass is 9.99. The number of fused-ring (bicyclic) bond motifs is 20. The van der Waals surface area contributed by atoms with Crippen LogP contribution in [0.3, 0.4) is 0 Å². The zero-order chi connectivity index (χ0) is 41.9. The molecule has 0 saturated heterocycles. The summed E-state index contributed by atoms with van der Waals surface area (Å²) in [7, 11) is 6.50. The molecule has 0 bridgehead atoms. The van der Waals surface area contributed by atoms with Gasteiger partial charge in [-0.2, -0.15) is 0 Å². The van der Waals surface area contributed by atoms with Gasteiger partial charge in [0.05, 0.1) is 0 Å². The molecule has 63 heavy (non-hydrogen) atoms. The quantitative estimate of drug-likeness (QED) is 0.145. The van der Waals surface area contributed by atoms with Crippen LogP contribution in [0.5, 0.6) is 0 Å². The van der Waals surface area contributed by atoms with Gasteiger partial charge in [-0.1, -0.05) is 140 Å². The summed E-state index contributed by atoms with van der Waals surface area (Å²) in [6.45, 7) is 0. The van der Waals surface area contributed by atoms with E-state index >= 15 is 0 Å². The molecule has 0 spiro atoms. The van der Waals surface area contributed by atoms with Crippen molar-refractivity contribution in [3.05, 3.63) is 215 Å². The summed E-state index contributed by atoms with van der Waals surface area (Å²) in [5.41, 5.74) is 25.2. The minimum atomic E-state index is 1.05. The van der Waals surface area contributed by atoms with Crippen LogP contribution in [-0.4, -0.2) is 13.7 Å². The molecule has 0 saturated carbocycles. The summed E-state index contributed by atoms with van der Waals surface area (Å²) in [6, 6.07) is 66.4. The molecule has 3 heteroatoms. The van der Waals surface area contributed by atoms with Gasteiger partial charge in [-0.05, 0) is 128 Å². The molecule has 0 N–H and O–H groups in total. The Morgan fingerprint density at radius 1 is 0.286 bits per heavy atom. The zero-order valence-corrected chi connectivity index (χ0v) is 35.8. The maximum atomic E-state index is 2.40. The number of hydrogen-bond donors (Lipinski definition) is 0. The molecule has 3 heterocycles. The Morgan fingerprint density at radius 2 is 0.762 bits per heavy atom. The van der Waals surface area contributed by atoms with Gasteiger partial charge in [-0.25, -0.2) is 0 Å². The smallest absolute Gasteiger partial charge is 0.0495 e. The highest BCUT2D eigenvalue weighted by molar-refractivity contribution is 6.17. The van der Waals surface area contributed by atoms with Gasteiger partial charge in [0, 0.05) is 86.6 Å². The van der Waals surface area contributed by atoms with Crippen molar-refractivity contribution in [3.8, 4) is 33.4 Å². The summed E-state index contributed by atoms with van der Waals surface area (Å²) in [4.78, 5) is 0. The second-order valence-corrected chi connectivity index (χ2v) is 17.7. The maximum absolute atomic E-state index is 2.40. The van der Waals surface area contributed by atoms with Crippen LogP contribution in [0.2, 0.25) is 0 Å². The Labute approximate surface area is 366 Å². The normalized spacial score (nSPS) is 12.8. The van der Waals surface area contributed by atoms with E-state index < -0.39 is 0 Å². The number of benzene rings is 9. The molecular weight excluding hydrogens is 763 g/mol. The topological polar surface area (TPSA) is 14.8 Å². The van der Waals surface area contributed by atoms with Crippen LogP contribution < -0.4 is 0 Å². The first kappa shape index (κ1) is 36.1. The second-order valence-electron chi connectivity index (χ2n) is 17.7. The van der Waals surface area contributed by atoms with Crippen LogP contribution in [0.4, 0.5) is 0 Å². The van der Waals surface area contributed by atoms with E-state index in [2.05, 4.69) is 217 Å². The Kier molecular flexibility index (Phi) is 7.84. The summed E-state index contributed by atoms with van der Waals surface area (Å²) in [6.07, 6.45) is 3.17. The molecule has 9 aromatic carbocycles. The summed E-state index contributed by atoms with van der Waals surface area (Å²) >= 11 is 0. The van der Waals surface area contributed by atoms with E-state index in [-0.39, 0.29) is 0 Å². The number of aryl methyl sites for hydroxylation is 3. The number of rotatable bonds is 0. The first-order valence-electron chi connectivity index (χ1n) is 22.2. The molecule has 0 unspecified atom stereocenters. The molecule has 0 fully saturated rings. The van der Waals surface area contributed by atoms with E-state index in [4.69, 9.17) is 0 Å². The van der Waals surface area contributed by atoms with Crippen molar-refractivity contribution >= 4 is 65.4 Å². The monoisotopic (exact) mass is 807 g/mol. The average Bonchev–Trinajstić information content (AvgIpc) is 4.17. The van der Waals surface area contributed by atoms with E-state index in [0.29, 0.717) is 0 Å². The van der Waals surface area contributed by atoms with Gasteiger partial charge in [0.15, 0.2) is 0 Å². The largest absolute Gasteiger partial charge is 0.344 e. The Bertz CT molecular complexity index is 3860. The SMILES string of the molecule is Cn1c2ccccc2c2c3c(ccc21)-c1ccccc1C3.Cn1c2ccccc2c2c3c(ccc21)Cc1ccccc1-3.Cn1c2ccccc2c2cc3c(cc21)-c1ccccc1C3. The van der Waals surface area contributed by atoms with E-state index in [0.717, 1.165) is 19.3 Å². The minimum absolute atomic E-state index is 1.05. The first-order valence-corrected chi connectivity index (χ1v) is 22.2. The van der Waals surface area contributed by atoms with E-state index in [1.54, 1.807) is 0 Å². The third kappa shape index (κ3) is 5.26. The second kappa shape index (κ2) is 13.7. The van der Waals surface area contributed by atoms with Crippen molar-refractivity contribution in [2.75, 3.05) is 0 Å². The lowest BCUT2D eigenvalue weighted by molar-refractivity contribution is 1.01. The van der Waals surface area contributed by atoms with E-state index in [1.165, 1.54) is 132 Å². The van der Waals surface area contributed by atoms with Crippen molar-refractivity contribution in [3.63, 3.8) is 0 Å². The first-order chi connectivity index (χ1) is 31.0. The molecule has 0 radical (unpaired) electrons. The highest BCUT2D eigenvalue weighted by Crippen LogP contribution is 2.46. The van der Waals surface area contributed by atoms with Crippen LogP contribution in [0.15, 0.2) is 182 Å². The van der Waals surface area contributed by atoms with Gasteiger partial charge < -0.3 is 13.7 Å². The molecule has 3 aliphatic rings. The lowest BCUT2D eigenvalue weighted by Gasteiger charge is -2.04. The molecule has 300 valence electrons. The van der Waals surface area contributed by atoms with Gasteiger partial charge in [0.2, 0.25) is 0 Å². The van der Waals surface area contributed by atoms with Crippen molar-refractivity contribution < 1.29 is 0 Å². The standard InChI is InChI=1S/3C20H15N/c1-21-19-9-5-4-8-16(19)18-11-14-10-13-6-2-3-7-15(13)17(14)12-20(18)21;1-21-17-9-5-4-8-16(17)20-18(21)11-10-14-12-13-6-2-3-7-15(13)19(14)20;1-21-18-9-5-4-8-16(18)20-17-12-13-6-2-3-7-14(13)15(17)10-11-19(20)21/h2-9,11-12H,10H2,1H3;2*2-11H,12H2,1H3. The van der Waals surface area contributed by atoms with Crippen molar-refractivity contribution in [1.29, 1.82) is 0 Å². The number of aromatic nitrogens is 3. The van der Waals surface area contributed by atoms with Gasteiger partial charge in [0.25, 0.3) is 0 Å². The van der Waals surface area contributed by atoms with Gasteiger partial charge >= 0.3 is 0 Å². The Balaban J connectivity index is 0.0000000957.